The molecular weight excluding hydrogens is 302 g/mol. The Bertz CT molecular complexity index is 721. The fourth-order valence-corrected chi connectivity index (χ4v) is 3.61. The van der Waals surface area contributed by atoms with Crippen molar-refractivity contribution in [3.63, 3.8) is 0 Å². The van der Waals surface area contributed by atoms with Crippen molar-refractivity contribution in [2.24, 2.45) is 0 Å². The Balaban J connectivity index is 1.83. The Labute approximate surface area is 131 Å². The van der Waals surface area contributed by atoms with Crippen LogP contribution in [0.15, 0.2) is 47.6 Å². The van der Waals surface area contributed by atoms with Gasteiger partial charge in [-0.3, -0.25) is 0 Å². The minimum Gasteiger partial charge on any atom is -0.382 e. The van der Waals surface area contributed by atoms with Crippen LogP contribution in [-0.4, -0.2) is 20.4 Å². The summed E-state index contributed by atoms with van der Waals surface area (Å²) < 4.78 is 6.06. The van der Waals surface area contributed by atoms with E-state index >= 15 is 0 Å². The van der Waals surface area contributed by atoms with Crippen LogP contribution in [0.25, 0.3) is 5.69 Å². The minimum atomic E-state index is 0.593. The summed E-state index contributed by atoms with van der Waals surface area (Å²) in [6.45, 7) is 0.700. The SMILES string of the molecule is CSc1c(N)nsc1NCc1ccccc1-n1cccn1. The first-order valence-electron chi connectivity index (χ1n) is 6.40. The maximum atomic E-state index is 5.85. The second-order valence-electron chi connectivity index (χ2n) is 4.36. The standard InChI is InChI=1S/C14H15N5S2/c1-20-12-13(15)18-21-14(12)16-9-10-5-2-3-6-11(10)19-8-4-7-17-19/h2-8,16H,9H2,1H3,(H2,15,18). The van der Waals surface area contributed by atoms with Crippen LogP contribution in [0.4, 0.5) is 10.8 Å². The zero-order valence-electron chi connectivity index (χ0n) is 11.5. The zero-order valence-corrected chi connectivity index (χ0v) is 13.1. The molecule has 0 aliphatic heterocycles. The van der Waals surface area contributed by atoms with Gasteiger partial charge in [0.05, 0.1) is 10.6 Å². The van der Waals surface area contributed by atoms with Crippen LogP contribution in [0, 0.1) is 0 Å². The van der Waals surface area contributed by atoms with Gasteiger partial charge in [0.15, 0.2) is 5.82 Å². The van der Waals surface area contributed by atoms with Crippen molar-refractivity contribution in [2.75, 3.05) is 17.3 Å². The summed E-state index contributed by atoms with van der Waals surface area (Å²) in [7, 11) is 0. The van der Waals surface area contributed by atoms with Crippen LogP contribution < -0.4 is 11.1 Å². The molecule has 3 rings (SSSR count). The Morgan fingerprint density at radius 3 is 2.95 bits per heavy atom. The molecule has 0 radical (unpaired) electrons. The lowest BCUT2D eigenvalue weighted by Crippen LogP contribution is -2.05. The second-order valence-corrected chi connectivity index (χ2v) is 5.95. The molecule has 0 unspecified atom stereocenters. The number of nitrogen functional groups attached to an aromatic ring is 1. The molecule has 0 bridgehead atoms. The highest BCUT2D eigenvalue weighted by Gasteiger charge is 2.11. The van der Waals surface area contributed by atoms with Crippen LogP contribution in [0.2, 0.25) is 0 Å². The van der Waals surface area contributed by atoms with Crippen LogP contribution in [0.3, 0.4) is 0 Å². The molecule has 3 aromatic rings. The third-order valence-corrected chi connectivity index (χ3v) is 4.83. The van der Waals surface area contributed by atoms with Crippen LogP contribution in [0.5, 0.6) is 0 Å². The average molecular weight is 317 g/mol. The molecule has 7 heteroatoms. The predicted octanol–water partition coefficient (Wildman–Crippen LogP) is 3.25. The van der Waals surface area contributed by atoms with Gasteiger partial charge in [0.2, 0.25) is 0 Å². The van der Waals surface area contributed by atoms with E-state index in [1.165, 1.54) is 17.1 Å². The van der Waals surface area contributed by atoms with Gasteiger partial charge in [0, 0.05) is 18.9 Å². The van der Waals surface area contributed by atoms with Gasteiger partial charge in [-0.15, -0.1) is 11.8 Å². The summed E-state index contributed by atoms with van der Waals surface area (Å²) in [4.78, 5) is 1.01. The number of para-hydroxylation sites is 1. The maximum Gasteiger partial charge on any atom is 0.153 e. The van der Waals surface area contributed by atoms with E-state index in [-0.39, 0.29) is 0 Å². The van der Waals surface area contributed by atoms with Gasteiger partial charge in [-0.2, -0.15) is 9.47 Å². The molecule has 0 saturated carbocycles. The van der Waals surface area contributed by atoms with Gasteiger partial charge in [0.1, 0.15) is 5.00 Å². The first-order valence-corrected chi connectivity index (χ1v) is 8.40. The Morgan fingerprint density at radius 1 is 1.33 bits per heavy atom. The van der Waals surface area contributed by atoms with E-state index in [1.54, 1.807) is 18.0 Å². The number of rotatable bonds is 5. The van der Waals surface area contributed by atoms with Crippen molar-refractivity contribution >= 4 is 34.1 Å². The van der Waals surface area contributed by atoms with Gasteiger partial charge in [-0.05, 0) is 35.5 Å². The largest absolute Gasteiger partial charge is 0.382 e. The van der Waals surface area contributed by atoms with Crippen molar-refractivity contribution in [2.45, 2.75) is 11.4 Å². The van der Waals surface area contributed by atoms with Crippen molar-refractivity contribution < 1.29 is 0 Å². The number of aromatic nitrogens is 3. The zero-order chi connectivity index (χ0) is 14.7. The summed E-state index contributed by atoms with van der Waals surface area (Å²) in [5, 5.41) is 8.72. The molecule has 0 aliphatic carbocycles. The van der Waals surface area contributed by atoms with Gasteiger partial charge in [0.25, 0.3) is 0 Å². The third-order valence-electron chi connectivity index (χ3n) is 3.06. The molecular formula is C14H15N5S2. The Kier molecular flexibility index (Phi) is 4.12. The van der Waals surface area contributed by atoms with E-state index in [2.05, 4.69) is 26.9 Å². The molecule has 0 amide bonds. The van der Waals surface area contributed by atoms with Gasteiger partial charge in [-0.25, -0.2) is 4.68 Å². The fourth-order valence-electron chi connectivity index (χ4n) is 2.07. The highest BCUT2D eigenvalue weighted by atomic mass is 32.2. The third kappa shape index (κ3) is 2.88. The van der Waals surface area contributed by atoms with Crippen LogP contribution >= 0.6 is 23.3 Å². The lowest BCUT2D eigenvalue weighted by Gasteiger charge is -2.11. The van der Waals surface area contributed by atoms with Gasteiger partial charge < -0.3 is 11.1 Å². The molecule has 3 N–H and O–H groups in total. The summed E-state index contributed by atoms with van der Waals surface area (Å²) in [5.74, 6) is 0.593. The lowest BCUT2D eigenvalue weighted by atomic mass is 10.2. The van der Waals surface area contributed by atoms with Gasteiger partial charge in [-0.1, -0.05) is 18.2 Å². The summed E-state index contributed by atoms with van der Waals surface area (Å²) in [5.41, 5.74) is 8.09. The molecule has 21 heavy (non-hydrogen) atoms. The molecule has 0 aliphatic rings. The van der Waals surface area contributed by atoms with E-state index in [1.807, 2.05) is 35.3 Å². The summed E-state index contributed by atoms with van der Waals surface area (Å²) >= 11 is 3.00. The molecule has 1 aromatic carbocycles. The summed E-state index contributed by atoms with van der Waals surface area (Å²) in [6, 6.07) is 10.1. The molecule has 0 saturated heterocycles. The normalized spacial score (nSPS) is 10.7. The fraction of sp³-hybridized carbons (Fsp3) is 0.143. The minimum absolute atomic E-state index is 0.593. The highest BCUT2D eigenvalue weighted by Crippen LogP contribution is 2.35. The molecule has 2 aromatic heterocycles. The van der Waals surface area contributed by atoms with Gasteiger partial charge >= 0.3 is 0 Å². The van der Waals surface area contributed by atoms with E-state index in [9.17, 15) is 0 Å². The number of benzene rings is 1. The maximum absolute atomic E-state index is 5.85. The second kappa shape index (κ2) is 6.19. The van der Waals surface area contributed by atoms with Crippen molar-refractivity contribution in [1.29, 1.82) is 0 Å². The molecule has 0 atom stereocenters. The molecule has 108 valence electrons. The average Bonchev–Trinajstić information content (AvgIpc) is 3.15. The van der Waals surface area contributed by atoms with E-state index in [0.29, 0.717) is 12.4 Å². The number of nitrogens with zero attached hydrogens (tertiary/aromatic N) is 3. The van der Waals surface area contributed by atoms with Crippen molar-refractivity contribution in [1.82, 2.24) is 14.2 Å². The molecule has 0 spiro atoms. The summed E-state index contributed by atoms with van der Waals surface area (Å²) in [6.07, 6.45) is 5.72. The van der Waals surface area contributed by atoms with Crippen LogP contribution in [0.1, 0.15) is 5.56 Å². The van der Waals surface area contributed by atoms with E-state index in [4.69, 9.17) is 5.73 Å². The Hall–Kier alpha value is -1.99. The number of hydrogen-bond acceptors (Lipinski definition) is 6. The number of nitrogens with one attached hydrogen (secondary N) is 1. The van der Waals surface area contributed by atoms with E-state index < -0.39 is 0 Å². The highest BCUT2D eigenvalue weighted by molar-refractivity contribution is 7.99. The monoisotopic (exact) mass is 317 g/mol. The van der Waals surface area contributed by atoms with Crippen molar-refractivity contribution in [3.05, 3.63) is 48.3 Å². The van der Waals surface area contributed by atoms with E-state index in [0.717, 1.165) is 15.6 Å². The quantitative estimate of drug-likeness (QED) is 0.707. The smallest absolute Gasteiger partial charge is 0.153 e. The lowest BCUT2D eigenvalue weighted by molar-refractivity contribution is 0.864. The number of thioether (sulfide) groups is 1. The number of hydrogen-bond donors (Lipinski definition) is 2. The molecule has 5 nitrogen and oxygen atoms in total. The number of nitrogens with two attached hydrogens (primary N) is 1. The predicted molar refractivity (Wildman–Crippen MR) is 89.2 cm³/mol. The van der Waals surface area contributed by atoms with Crippen LogP contribution in [-0.2, 0) is 6.54 Å². The molecule has 2 heterocycles. The first kappa shape index (κ1) is 14.0. The first-order chi connectivity index (χ1) is 10.3. The number of anilines is 2. The Morgan fingerprint density at radius 2 is 2.19 bits per heavy atom. The van der Waals surface area contributed by atoms with Crippen molar-refractivity contribution in [3.8, 4) is 5.69 Å². The molecule has 0 fully saturated rings. The topological polar surface area (TPSA) is 68.8 Å².